The van der Waals surface area contributed by atoms with Gasteiger partial charge in [-0.2, -0.15) is 0 Å². The lowest BCUT2D eigenvalue weighted by Crippen LogP contribution is -2.33. The molecule has 4 heteroatoms. The monoisotopic (exact) mass is 259 g/mol. The minimum absolute atomic E-state index is 0.428. The summed E-state index contributed by atoms with van der Waals surface area (Å²) in [7, 11) is 1.97. The van der Waals surface area contributed by atoms with Crippen LogP contribution in [0.15, 0.2) is 18.2 Å². The topological polar surface area (TPSA) is 21.3 Å². The number of nitrogens with one attached hydrogen (secondary N) is 1. The molecule has 1 aromatic rings. The normalized spacial score (nSPS) is 17.2. The summed E-state index contributed by atoms with van der Waals surface area (Å²) < 4.78 is 5.69. The van der Waals surface area contributed by atoms with Gasteiger partial charge in [-0.1, -0.05) is 23.2 Å². The van der Waals surface area contributed by atoms with Gasteiger partial charge in [0.2, 0.25) is 0 Å². The third-order valence-corrected chi connectivity index (χ3v) is 3.26. The van der Waals surface area contributed by atoms with E-state index in [4.69, 9.17) is 27.9 Å². The smallest absolute Gasteiger partial charge is 0.122 e. The van der Waals surface area contributed by atoms with Crippen LogP contribution in [0.3, 0.4) is 0 Å². The molecule has 0 unspecified atom stereocenters. The molecular formula is C12H15Cl2NO. The van der Waals surface area contributed by atoms with Crippen LogP contribution in [0.5, 0.6) is 5.75 Å². The summed E-state index contributed by atoms with van der Waals surface area (Å²) in [6.07, 6.45) is 2.59. The maximum Gasteiger partial charge on any atom is 0.122 e. The summed E-state index contributed by atoms with van der Waals surface area (Å²) in [6, 6.07) is 5.70. The van der Waals surface area contributed by atoms with E-state index in [0.717, 1.165) is 11.7 Å². The second-order valence-corrected chi connectivity index (χ2v) is 5.02. The summed E-state index contributed by atoms with van der Waals surface area (Å²) in [6.45, 7) is 0.665. The average molecular weight is 260 g/mol. The van der Waals surface area contributed by atoms with Crippen molar-refractivity contribution in [2.24, 2.45) is 5.92 Å². The fourth-order valence-electron chi connectivity index (χ4n) is 1.75. The van der Waals surface area contributed by atoms with Crippen molar-refractivity contribution in [3.8, 4) is 5.75 Å². The van der Waals surface area contributed by atoms with E-state index in [2.05, 4.69) is 5.32 Å². The molecule has 1 aliphatic carbocycles. The first kappa shape index (κ1) is 12.0. The Bertz CT molecular complexity index is 346. The zero-order valence-electron chi connectivity index (χ0n) is 9.17. The number of hydrogen-bond acceptors (Lipinski definition) is 2. The maximum absolute atomic E-state index is 5.89. The minimum atomic E-state index is 0.428. The van der Waals surface area contributed by atoms with Crippen molar-refractivity contribution >= 4 is 23.2 Å². The molecule has 1 fully saturated rings. The van der Waals surface area contributed by atoms with Crippen LogP contribution in [-0.2, 0) is 0 Å². The minimum Gasteiger partial charge on any atom is -0.492 e. The van der Waals surface area contributed by atoms with Crippen molar-refractivity contribution in [3.05, 3.63) is 28.2 Å². The lowest BCUT2D eigenvalue weighted by atomic mass is 10.2. The Morgan fingerprint density at radius 2 is 1.94 bits per heavy atom. The largest absolute Gasteiger partial charge is 0.492 e. The maximum atomic E-state index is 5.89. The van der Waals surface area contributed by atoms with Crippen LogP contribution in [0.2, 0.25) is 10.0 Å². The summed E-state index contributed by atoms with van der Waals surface area (Å²) in [5.74, 6) is 1.50. The van der Waals surface area contributed by atoms with E-state index in [1.807, 2.05) is 7.05 Å². The molecule has 0 spiro atoms. The predicted octanol–water partition coefficient (Wildman–Crippen LogP) is 3.37. The molecule has 1 saturated carbocycles. The van der Waals surface area contributed by atoms with Gasteiger partial charge in [0.1, 0.15) is 12.4 Å². The molecule has 88 valence electrons. The van der Waals surface area contributed by atoms with Gasteiger partial charge in [0.25, 0.3) is 0 Å². The molecule has 0 aromatic heterocycles. The Balaban J connectivity index is 1.92. The summed E-state index contributed by atoms with van der Waals surface area (Å²) in [5.41, 5.74) is 0. The SMILES string of the molecule is CN[C@@H](COc1cc(Cl)cc(Cl)c1)C1CC1. The Morgan fingerprint density at radius 3 is 2.44 bits per heavy atom. The van der Waals surface area contributed by atoms with Gasteiger partial charge >= 0.3 is 0 Å². The van der Waals surface area contributed by atoms with Gasteiger partial charge < -0.3 is 10.1 Å². The van der Waals surface area contributed by atoms with Crippen LogP contribution in [-0.4, -0.2) is 19.7 Å². The van der Waals surface area contributed by atoms with E-state index in [1.54, 1.807) is 18.2 Å². The van der Waals surface area contributed by atoms with Crippen molar-refractivity contribution in [3.63, 3.8) is 0 Å². The summed E-state index contributed by atoms with van der Waals surface area (Å²) in [5, 5.41) is 4.49. The van der Waals surface area contributed by atoms with Crippen molar-refractivity contribution in [1.29, 1.82) is 0 Å². The molecule has 1 N–H and O–H groups in total. The number of rotatable bonds is 5. The molecule has 0 bridgehead atoms. The number of benzene rings is 1. The van der Waals surface area contributed by atoms with E-state index in [9.17, 15) is 0 Å². The predicted molar refractivity (Wildman–Crippen MR) is 67.5 cm³/mol. The molecule has 0 amide bonds. The molecular weight excluding hydrogens is 245 g/mol. The van der Waals surface area contributed by atoms with Crippen LogP contribution in [0, 0.1) is 5.92 Å². The molecule has 16 heavy (non-hydrogen) atoms. The van der Waals surface area contributed by atoms with Crippen molar-refractivity contribution in [1.82, 2.24) is 5.32 Å². The third-order valence-electron chi connectivity index (χ3n) is 2.83. The van der Waals surface area contributed by atoms with Crippen LogP contribution in [0.4, 0.5) is 0 Å². The molecule has 0 radical (unpaired) electrons. The fraction of sp³-hybridized carbons (Fsp3) is 0.500. The van der Waals surface area contributed by atoms with Crippen LogP contribution in [0.25, 0.3) is 0 Å². The van der Waals surface area contributed by atoms with E-state index in [-0.39, 0.29) is 0 Å². The number of halogens is 2. The molecule has 0 saturated heterocycles. The van der Waals surface area contributed by atoms with Gasteiger partial charge in [-0.05, 0) is 44.0 Å². The van der Waals surface area contributed by atoms with E-state index < -0.39 is 0 Å². The van der Waals surface area contributed by atoms with Crippen molar-refractivity contribution in [2.45, 2.75) is 18.9 Å². The lowest BCUT2D eigenvalue weighted by molar-refractivity contribution is 0.256. The first-order valence-corrected chi connectivity index (χ1v) is 6.21. The molecule has 1 atom stereocenters. The third kappa shape index (κ3) is 3.27. The molecule has 0 aliphatic heterocycles. The fourth-order valence-corrected chi connectivity index (χ4v) is 2.26. The Morgan fingerprint density at radius 1 is 1.31 bits per heavy atom. The Hall–Kier alpha value is -0.440. The highest BCUT2D eigenvalue weighted by molar-refractivity contribution is 6.34. The van der Waals surface area contributed by atoms with Crippen LogP contribution >= 0.6 is 23.2 Å². The highest BCUT2D eigenvalue weighted by Crippen LogP contribution is 2.33. The van der Waals surface area contributed by atoms with Gasteiger partial charge in [0.05, 0.1) is 0 Å². The first-order valence-electron chi connectivity index (χ1n) is 5.45. The number of ether oxygens (including phenoxy) is 1. The average Bonchev–Trinajstić information content (AvgIpc) is 3.01. The molecule has 2 nitrogen and oxygen atoms in total. The highest BCUT2D eigenvalue weighted by atomic mass is 35.5. The van der Waals surface area contributed by atoms with Crippen molar-refractivity contribution in [2.75, 3.05) is 13.7 Å². The first-order chi connectivity index (χ1) is 7.69. The summed E-state index contributed by atoms with van der Waals surface area (Å²) in [4.78, 5) is 0. The van der Waals surface area contributed by atoms with E-state index >= 15 is 0 Å². The van der Waals surface area contributed by atoms with Gasteiger partial charge in [0.15, 0.2) is 0 Å². The zero-order valence-corrected chi connectivity index (χ0v) is 10.7. The molecule has 1 aromatic carbocycles. The second kappa shape index (κ2) is 5.26. The van der Waals surface area contributed by atoms with Gasteiger partial charge in [-0.3, -0.25) is 0 Å². The molecule has 2 rings (SSSR count). The Labute approximate surface area is 106 Å². The van der Waals surface area contributed by atoms with Gasteiger partial charge in [0, 0.05) is 16.1 Å². The quantitative estimate of drug-likeness (QED) is 0.876. The number of hydrogen-bond donors (Lipinski definition) is 1. The standard InChI is InChI=1S/C12H15Cl2NO/c1-15-12(8-2-3-8)7-16-11-5-9(13)4-10(14)6-11/h4-6,8,12,15H,2-3,7H2,1H3/t12-/m0/s1. The summed E-state index contributed by atoms with van der Waals surface area (Å²) >= 11 is 11.8. The molecule has 0 heterocycles. The zero-order chi connectivity index (χ0) is 11.5. The second-order valence-electron chi connectivity index (χ2n) is 4.15. The molecule has 1 aliphatic rings. The highest BCUT2D eigenvalue weighted by Gasteiger charge is 2.30. The van der Waals surface area contributed by atoms with Crippen LogP contribution < -0.4 is 10.1 Å². The van der Waals surface area contributed by atoms with Crippen LogP contribution in [0.1, 0.15) is 12.8 Å². The van der Waals surface area contributed by atoms with E-state index in [0.29, 0.717) is 22.7 Å². The van der Waals surface area contributed by atoms with Crippen molar-refractivity contribution < 1.29 is 4.74 Å². The van der Waals surface area contributed by atoms with Gasteiger partial charge in [-0.15, -0.1) is 0 Å². The van der Waals surface area contributed by atoms with Gasteiger partial charge in [-0.25, -0.2) is 0 Å². The number of likely N-dealkylation sites (N-methyl/N-ethyl adjacent to an activating group) is 1. The lowest BCUT2D eigenvalue weighted by Gasteiger charge is -2.16. The Kier molecular flexibility index (Phi) is 3.95. The van der Waals surface area contributed by atoms with E-state index in [1.165, 1.54) is 12.8 Å².